The quantitative estimate of drug-likeness (QED) is 0.451. The van der Waals surface area contributed by atoms with Gasteiger partial charge in [0.1, 0.15) is 11.3 Å². The topological polar surface area (TPSA) is 38.9 Å². The van der Waals surface area contributed by atoms with Crippen LogP contribution in [0.15, 0.2) is 59.1 Å². The van der Waals surface area contributed by atoms with Gasteiger partial charge in [0.15, 0.2) is 0 Å². The van der Waals surface area contributed by atoms with Crippen molar-refractivity contribution in [3.05, 3.63) is 71.1 Å². The molecule has 5 rings (SSSR count). The molecule has 25 heavy (non-hydrogen) atoms. The van der Waals surface area contributed by atoms with E-state index < -0.39 is 0 Å². The van der Waals surface area contributed by atoms with Crippen molar-refractivity contribution in [2.24, 2.45) is 0 Å². The molecule has 0 unspecified atom stereocenters. The van der Waals surface area contributed by atoms with Gasteiger partial charge in [-0.3, -0.25) is 0 Å². The fourth-order valence-corrected chi connectivity index (χ4v) is 3.32. The van der Waals surface area contributed by atoms with Gasteiger partial charge in [-0.15, -0.1) is 0 Å². The highest BCUT2D eigenvalue weighted by Gasteiger charge is 2.21. The lowest BCUT2D eigenvalue weighted by Crippen LogP contribution is -1.89. The smallest absolute Gasteiger partial charge is 0.246 e. The summed E-state index contributed by atoms with van der Waals surface area (Å²) in [4.78, 5) is 9.31. The van der Waals surface area contributed by atoms with Gasteiger partial charge in [0, 0.05) is 21.7 Å². The second-order valence-electron chi connectivity index (χ2n) is 5.84. The van der Waals surface area contributed by atoms with Crippen LogP contribution in [0.3, 0.4) is 0 Å². The lowest BCUT2D eigenvalue weighted by Gasteiger charge is -2.03. The van der Waals surface area contributed by atoms with Gasteiger partial charge in [0.25, 0.3) is 0 Å². The number of hydrogen-bond acceptors (Lipinski definition) is 3. The molecule has 2 heterocycles. The maximum atomic E-state index is 6.08. The Kier molecular flexibility index (Phi) is 3.12. The van der Waals surface area contributed by atoms with Crippen LogP contribution in [0, 0.1) is 11.8 Å². The number of nitrogens with zero attached hydrogens (tertiary/aromatic N) is 2. The average molecular weight is 343 g/mol. The SMILES string of the molecule is Clc1cccc(-c2cnc3c4c(oc3n2)CC#Cc2ccccc2-4)c1. The van der Waals surface area contributed by atoms with Gasteiger partial charge in [0.2, 0.25) is 5.71 Å². The van der Waals surface area contributed by atoms with E-state index >= 15 is 0 Å². The van der Waals surface area contributed by atoms with Gasteiger partial charge in [-0.25, -0.2) is 9.97 Å². The first-order valence-electron chi connectivity index (χ1n) is 7.92. The average Bonchev–Trinajstić information content (AvgIpc) is 2.89. The number of rotatable bonds is 1. The van der Waals surface area contributed by atoms with Gasteiger partial charge >= 0.3 is 0 Å². The zero-order valence-electron chi connectivity index (χ0n) is 13.1. The minimum atomic E-state index is 0.529. The van der Waals surface area contributed by atoms with Crippen LogP contribution in [0.25, 0.3) is 33.6 Å². The third-order valence-corrected chi connectivity index (χ3v) is 4.50. The van der Waals surface area contributed by atoms with E-state index in [-0.39, 0.29) is 0 Å². The largest absolute Gasteiger partial charge is 0.440 e. The summed E-state index contributed by atoms with van der Waals surface area (Å²) in [5, 5.41) is 0.666. The van der Waals surface area contributed by atoms with Gasteiger partial charge in [-0.1, -0.05) is 53.8 Å². The molecule has 0 saturated carbocycles. The second-order valence-corrected chi connectivity index (χ2v) is 6.28. The lowest BCUT2D eigenvalue weighted by atomic mass is 10.0. The normalized spacial score (nSPS) is 12.0. The molecular formula is C21H11ClN2O. The molecule has 0 bridgehead atoms. The van der Waals surface area contributed by atoms with Crippen LogP contribution < -0.4 is 0 Å². The Morgan fingerprint density at radius 2 is 2.00 bits per heavy atom. The standard InChI is InChI=1S/C21H11ClN2O/c22-15-8-3-7-14(11-15)17-12-23-20-19-16-9-2-1-5-13(16)6-4-10-18(19)25-21(20)24-17/h1-3,5,7-9,11-12H,10H2. The van der Waals surface area contributed by atoms with Crippen LogP contribution in [-0.2, 0) is 6.42 Å². The Morgan fingerprint density at radius 1 is 1.08 bits per heavy atom. The Bertz CT molecular complexity index is 1200. The summed E-state index contributed by atoms with van der Waals surface area (Å²) < 4.78 is 6.01. The lowest BCUT2D eigenvalue weighted by molar-refractivity contribution is 0.559. The summed E-state index contributed by atoms with van der Waals surface area (Å²) in [5.41, 5.74) is 5.95. The monoisotopic (exact) mass is 342 g/mol. The fourth-order valence-electron chi connectivity index (χ4n) is 3.13. The van der Waals surface area contributed by atoms with E-state index in [1.165, 1.54) is 0 Å². The van der Waals surface area contributed by atoms with Crippen molar-refractivity contribution in [2.45, 2.75) is 6.42 Å². The number of fused-ring (bicyclic) bond motifs is 5. The first-order valence-corrected chi connectivity index (χ1v) is 8.30. The molecule has 0 radical (unpaired) electrons. The molecule has 2 aromatic heterocycles. The van der Waals surface area contributed by atoms with E-state index in [0.717, 1.165) is 39.2 Å². The summed E-state index contributed by atoms with van der Waals surface area (Å²) in [7, 11) is 0. The molecule has 118 valence electrons. The molecule has 0 fully saturated rings. The minimum absolute atomic E-state index is 0.529. The molecule has 0 aliphatic heterocycles. The first-order chi connectivity index (χ1) is 12.3. The molecular weight excluding hydrogens is 332 g/mol. The molecule has 4 aromatic rings. The van der Waals surface area contributed by atoms with E-state index in [0.29, 0.717) is 17.2 Å². The Balaban J connectivity index is 1.74. The number of hydrogen-bond donors (Lipinski definition) is 0. The Hall–Kier alpha value is -3.09. The summed E-state index contributed by atoms with van der Waals surface area (Å²) >= 11 is 6.08. The molecule has 1 aliphatic carbocycles. The third kappa shape index (κ3) is 2.31. The van der Waals surface area contributed by atoms with Gasteiger partial charge in [-0.05, 0) is 18.2 Å². The van der Waals surface area contributed by atoms with Crippen molar-refractivity contribution in [2.75, 3.05) is 0 Å². The van der Waals surface area contributed by atoms with Crippen LogP contribution in [0.5, 0.6) is 0 Å². The minimum Gasteiger partial charge on any atom is -0.440 e. The summed E-state index contributed by atoms with van der Waals surface area (Å²) in [6.45, 7) is 0. The molecule has 4 heteroatoms. The summed E-state index contributed by atoms with van der Waals surface area (Å²) in [6.07, 6.45) is 2.31. The van der Waals surface area contributed by atoms with Crippen molar-refractivity contribution in [1.82, 2.24) is 9.97 Å². The van der Waals surface area contributed by atoms with E-state index in [2.05, 4.69) is 27.9 Å². The molecule has 0 N–H and O–H groups in total. The highest BCUT2D eigenvalue weighted by atomic mass is 35.5. The maximum absolute atomic E-state index is 6.08. The van der Waals surface area contributed by atoms with E-state index in [4.69, 9.17) is 16.0 Å². The predicted molar refractivity (Wildman–Crippen MR) is 98.3 cm³/mol. The van der Waals surface area contributed by atoms with Crippen LogP contribution in [0.4, 0.5) is 0 Å². The maximum Gasteiger partial charge on any atom is 0.246 e. The summed E-state index contributed by atoms with van der Waals surface area (Å²) in [5.74, 6) is 7.17. The summed E-state index contributed by atoms with van der Waals surface area (Å²) in [6, 6.07) is 15.6. The van der Waals surface area contributed by atoms with Gasteiger partial charge in [-0.2, -0.15) is 0 Å². The zero-order chi connectivity index (χ0) is 16.8. The molecule has 2 aromatic carbocycles. The zero-order valence-corrected chi connectivity index (χ0v) is 13.8. The molecule has 1 aliphatic rings. The van der Waals surface area contributed by atoms with Crippen molar-refractivity contribution in [1.29, 1.82) is 0 Å². The van der Waals surface area contributed by atoms with Crippen molar-refractivity contribution >= 4 is 22.8 Å². The highest BCUT2D eigenvalue weighted by molar-refractivity contribution is 6.30. The van der Waals surface area contributed by atoms with E-state index in [1.54, 1.807) is 6.20 Å². The van der Waals surface area contributed by atoms with Gasteiger partial charge < -0.3 is 4.42 Å². The molecule has 0 saturated heterocycles. The third-order valence-electron chi connectivity index (χ3n) is 4.26. The van der Waals surface area contributed by atoms with Crippen molar-refractivity contribution in [3.8, 4) is 34.2 Å². The molecule has 3 nitrogen and oxygen atoms in total. The van der Waals surface area contributed by atoms with Crippen molar-refractivity contribution in [3.63, 3.8) is 0 Å². The second kappa shape index (κ2) is 5.47. The van der Waals surface area contributed by atoms with Crippen LogP contribution in [-0.4, -0.2) is 9.97 Å². The molecule has 0 atom stereocenters. The number of halogens is 1. The number of aromatic nitrogens is 2. The fraction of sp³-hybridized carbons (Fsp3) is 0.0476. The number of furan rings is 1. The molecule has 0 amide bonds. The first kappa shape index (κ1) is 14.3. The van der Waals surface area contributed by atoms with Crippen LogP contribution in [0.1, 0.15) is 11.3 Å². The highest BCUT2D eigenvalue weighted by Crippen LogP contribution is 2.37. The van der Waals surface area contributed by atoms with Crippen LogP contribution in [0.2, 0.25) is 5.02 Å². The van der Waals surface area contributed by atoms with Gasteiger partial charge in [0.05, 0.1) is 23.9 Å². The predicted octanol–water partition coefficient (Wildman–Crippen LogP) is 5.12. The Labute approximate surface area is 149 Å². The van der Waals surface area contributed by atoms with E-state index in [1.807, 2.05) is 42.5 Å². The van der Waals surface area contributed by atoms with E-state index in [9.17, 15) is 0 Å². The number of benzene rings is 2. The Morgan fingerprint density at radius 3 is 2.92 bits per heavy atom. The van der Waals surface area contributed by atoms with Crippen molar-refractivity contribution < 1.29 is 4.42 Å². The van der Waals surface area contributed by atoms with Crippen LogP contribution >= 0.6 is 11.6 Å². The molecule has 0 spiro atoms.